The van der Waals surface area contributed by atoms with Gasteiger partial charge in [0.1, 0.15) is 11.9 Å². The monoisotopic (exact) mass is 171 g/mol. The number of aliphatic hydroxyl groups is 1. The third kappa shape index (κ3) is 1.43. The van der Waals surface area contributed by atoms with Crippen molar-refractivity contribution in [1.82, 2.24) is 4.90 Å². The fourth-order valence-corrected chi connectivity index (χ4v) is 1.26. The lowest BCUT2D eigenvalue weighted by Gasteiger charge is -2.39. The zero-order chi connectivity index (χ0) is 9.30. The topological polar surface area (TPSA) is 60.8 Å². The van der Waals surface area contributed by atoms with Gasteiger partial charge in [-0.3, -0.25) is 0 Å². The van der Waals surface area contributed by atoms with Crippen LogP contribution in [0.15, 0.2) is 11.3 Å². The van der Waals surface area contributed by atoms with E-state index in [2.05, 4.69) is 0 Å². The molecular formula is C8H13NO3. The Morgan fingerprint density at radius 3 is 2.17 bits per heavy atom. The van der Waals surface area contributed by atoms with E-state index < -0.39 is 12.2 Å². The molecular weight excluding hydrogens is 158 g/mol. The van der Waals surface area contributed by atoms with Crippen LogP contribution < -0.4 is 0 Å². The summed E-state index contributed by atoms with van der Waals surface area (Å²) in [6, 6.07) is 0. The third-order valence-corrected chi connectivity index (χ3v) is 1.95. The number of likely N-dealkylation sites (tertiary alicyclic amines) is 1. The van der Waals surface area contributed by atoms with Crippen molar-refractivity contribution in [3.8, 4) is 0 Å². The number of nitrogens with zero attached hydrogens (tertiary/aromatic N) is 1. The summed E-state index contributed by atoms with van der Waals surface area (Å²) in [5, 5.41) is 18.0. The second kappa shape index (κ2) is 3.15. The minimum Gasteiger partial charge on any atom is -0.477 e. The maximum Gasteiger partial charge on any atom is 0.352 e. The highest BCUT2D eigenvalue weighted by Gasteiger charge is 2.31. The van der Waals surface area contributed by atoms with Gasteiger partial charge in [0.05, 0.1) is 0 Å². The normalized spacial score (nSPS) is 21.6. The Labute approximate surface area is 71.1 Å². The lowest BCUT2D eigenvalue weighted by Crippen LogP contribution is -2.48. The van der Waals surface area contributed by atoms with E-state index in [4.69, 9.17) is 5.11 Å². The molecule has 0 aromatic carbocycles. The maximum atomic E-state index is 10.7. The van der Waals surface area contributed by atoms with Gasteiger partial charge in [-0.15, -0.1) is 0 Å². The Morgan fingerprint density at radius 1 is 1.50 bits per heavy atom. The highest BCUT2D eigenvalue weighted by Crippen LogP contribution is 2.22. The Bertz CT molecular complexity index is 230. The maximum absolute atomic E-state index is 10.7. The van der Waals surface area contributed by atoms with Crippen LogP contribution in [0.1, 0.15) is 20.3 Å². The van der Waals surface area contributed by atoms with Gasteiger partial charge in [0.15, 0.2) is 0 Å². The second-order valence-electron chi connectivity index (χ2n) is 3.12. The zero-order valence-corrected chi connectivity index (χ0v) is 7.24. The molecule has 1 rings (SSSR count). The van der Waals surface area contributed by atoms with Crippen LogP contribution in [0.3, 0.4) is 0 Å². The number of rotatable bonds is 2. The molecule has 0 bridgehead atoms. The molecule has 0 aliphatic carbocycles. The fourth-order valence-electron chi connectivity index (χ4n) is 1.26. The highest BCUT2D eigenvalue weighted by atomic mass is 16.4. The molecule has 2 N–H and O–H groups in total. The molecule has 1 aliphatic heterocycles. The van der Waals surface area contributed by atoms with Crippen LogP contribution in [0.25, 0.3) is 0 Å². The zero-order valence-electron chi connectivity index (χ0n) is 7.24. The Morgan fingerprint density at radius 2 is 2.08 bits per heavy atom. The molecule has 0 aromatic rings. The van der Waals surface area contributed by atoms with Crippen LogP contribution in [-0.2, 0) is 4.79 Å². The Kier molecular flexibility index (Phi) is 2.38. The molecule has 12 heavy (non-hydrogen) atoms. The SMILES string of the molecule is CC(C)=C(C(=O)O)N1CCC1O. The fraction of sp³-hybridized carbons (Fsp3) is 0.625. The summed E-state index contributed by atoms with van der Waals surface area (Å²) >= 11 is 0. The van der Waals surface area contributed by atoms with E-state index in [1.165, 1.54) is 4.90 Å². The van der Waals surface area contributed by atoms with Gasteiger partial charge in [0, 0.05) is 13.0 Å². The summed E-state index contributed by atoms with van der Waals surface area (Å²) < 4.78 is 0. The number of carboxylic acids is 1. The van der Waals surface area contributed by atoms with Crippen LogP contribution in [0.4, 0.5) is 0 Å². The minimum absolute atomic E-state index is 0.230. The van der Waals surface area contributed by atoms with Gasteiger partial charge < -0.3 is 15.1 Å². The number of hydrogen-bond acceptors (Lipinski definition) is 3. The van der Waals surface area contributed by atoms with Crippen molar-refractivity contribution >= 4 is 5.97 Å². The van der Waals surface area contributed by atoms with Gasteiger partial charge in [-0.1, -0.05) is 0 Å². The molecule has 0 saturated carbocycles. The number of aliphatic hydroxyl groups excluding tert-OH is 1. The van der Waals surface area contributed by atoms with E-state index in [9.17, 15) is 9.90 Å². The van der Waals surface area contributed by atoms with E-state index in [0.29, 0.717) is 13.0 Å². The number of carbonyl (C=O) groups is 1. The summed E-state index contributed by atoms with van der Waals surface area (Å²) in [4.78, 5) is 12.2. The molecule has 1 aliphatic rings. The van der Waals surface area contributed by atoms with Gasteiger partial charge in [-0.2, -0.15) is 0 Å². The van der Waals surface area contributed by atoms with E-state index in [-0.39, 0.29) is 5.70 Å². The van der Waals surface area contributed by atoms with Crippen molar-refractivity contribution < 1.29 is 15.0 Å². The molecule has 1 heterocycles. The first kappa shape index (κ1) is 9.06. The second-order valence-corrected chi connectivity index (χ2v) is 3.12. The van der Waals surface area contributed by atoms with Crippen molar-refractivity contribution in [1.29, 1.82) is 0 Å². The lowest BCUT2D eigenvalue weighted by molar-refractivity contribution is -0.139. The lowest BCUT2D eigenvalue weighted by atomic mass is 10.1. The van der Waals surface area contributed by atoms with Gasteiger partial charge in [-0.25, -0.2) is 4.79 Å². The highest BCUT2D eigenvalue weighted by molar-refractivity contribution is 5.86. The molecule has 0 radical (unpaired) electrons. The number of hydrogen-bond donors (Lipinski definition) is 2. The van der Waals surface area contributed by atoms with Gasteiger partial charge in [0.25, 0.3) is 0 Å². The average Bonchev–Trinajstić information content (AvgIpc) is 1.95. The minimum atomic E-state index is -0.964. The van der Waals surface area contributed by atoms with Crippen molar-refractivity contribution in [3.05, 3.63) is 11.3 Å². The Hall–Kier alpha value is -1.03. The average molecular weight is 171 g/mol. The predicted octanol–water partition coefficient (Wildman–Crippen LogP) is 0.389. The number of allylic oxidation sites excluding steroid dienone is 1. The molecule has 1 atom stereocenters. The van der Waals surface area contributed by atoms with Crippen molar-refractivity contribution in [2.24, 2.45) is 0 Å². The van der Waals surface area contributed by atoms with Crippen LogP contribution in [0.5, 0.6) is 0 Å². The smallest absolute Gasteiger partial charge is 0.352 e. The first-order valence-corrected chi connectivity index (χ1v) is 3.89. The van der Waals surface area contributed by atoms with E-state index in [0.717, 1.165) is 5.57 Å². The summed E-state index contributed by atoms with van der Waals surface area (Å²) in [5.74, 6) is -0.964. The molecule has 0 spiro atoms. The Balaban J connectivity index is 2.81. The predicted molar refractivity (Wildman–Crippen MR) is 43.3 cm³/mol. The van der Waals surface area contributed by atoms with Crippen LogP contribution in [0.2, 0.25) is 0 Å². The summed E-state index contributed by atoms with van der Waals surface area (Å²) in [6.45, 7) is 4.09. The molecule has 0 amide bonds. The van der Waals surface area contributed by atoms with Gasteiger partial charge in [-0.05, 0) is 19.4 Å². The summed E-state index contributed by atoms with van der Waals surface area (Å²) in [6.07, 6.45) is 0.0513. The van der Waals surface area contributed by atoms with Crippen molar-refractivity contribution in [2.75, 3.05) is 6.54 Å². The third-order valence-electron chi connectivity index (χ3n) is 1.95. The number of carboxylic acid groups (broad SMARTS) is 1. The van der Waals surface area contributed by atoms with Crippen LogP contribution in [0, 0.1) is 0 Å². The molecule has 4 nitrogen and oxygen atoms in total. The molecule has 68 valence electrons. The molecule has 1 fully saturated rings. The summed E-state index contributed by atoms with van der Waals surface area (Å²) in [7, 11) is 0. The molecule has 1 unspecified atom stereocenters. The molecule has 1 saturated heterocycles. The van der Waals surface area contributed by atoms with E-state index in [1.54, 1.807) is 13.8 Å². The van der Waals surface area contributed by atoms with E-state index in [1.807, 2.05) is 0 Å². The van der Waals surface area contributed by atoms with Gasteiger partial charge >= 0.3 is 5.97 Å². The summed E-state index contributed by atoms with van der Waals surface area (Å²) in [5.41, 5.74) is 0.954. The first-order chi connectivity index (χ1) is 5.54. The first-order valence-electron chi connectivity index (χ1n) is 3.89. The van der Waals surface area contributed by atoms with Crippen molar-refractivity contribution in [2.45, 2.75) is 26.5 Å². The molecule has 0 aromatic heterocycles. The number of aliphatic carboxylic acids is 1. The standard InChI is InChI=1S/C8H13NO3/c1-5(2)7(8(11)12)9-4-3-6(9)10/h6,10H,3-4H2,1-2H3,(H,11,12). The van der Waals surface area contributed by atoms with Crippen LogP contribution in [-0.4, -0.2) is 33.9 Å². The largest absolute Gasteiger partial charge is 0.477 e. The van der Waals surface area contributed by atoms with Gasteiger partial charge in [0.2, 0.25) is 0 Å². The quantitative estimate of drug-likeness (QED) is 0.590. The van der Waals surface area contributed by atoms with Crippen LogP contribution >= 0.6 is 0 Å². The van der Waals surface area contributed by atoms with E-state index >= 15 is 0 Å². The molecule has 4 heteroatoms. The van der Waals surface area contributed by atoms with Crippen molar-refractivity contribution in [3.63, 3.8) is 0 Å².